The minimum Gasteiger partial charge on any atom is -0.481 e. The summed E-state index contributed by atoms with van der Waals surface area (Å²) < 4.78 is 5.72. The molecule has 0 bridgehead atoms. The van der Waals surface area contributed by atoms with Crippen LogP contribution in [0, 0.1) is 5.92 Å². The molecule has 2 atom stereocenters. The maximum Gasteiger partial charge on any atom is 0.303 e. The summed E-state index contributed by atoms with van der Waals surface area (Å²) in [7, 11) is 0. The lowest BCUT2D eigenvalue weighted by Crippen LogP contribution is -2.40. The zero-order valence-electron chi connectivity index (χ0n) is 14.3. The van der Waals surface area contributed by atoms with Gasteiger partial charge in [-0.25, -0.2) is 0 Å². The van der Waals surface area contributed by atoms with E-state index >= 15 is 0 Å². The highest BCUT2D eigenvalue weighted by atomic mass is 16.5. The van der Waals surface area contributed by atoms with Gasteiger partial charge in [0.05, 0.1) is 18.8 Å². The Bertz CT molecular complexity index is 499. The molecular formula is C18H28N2O3. The summed E-state index contributed by atoms with van der Waals surface area (Å²) in [5.41, 5.74) is 1.06. The summed E-state index contributed by atoms with van der Waals surface area (Å²) in [6, 6.07) is 10.4. The van der Waals surface area contributed by atoms with E-state index in [1.807, 2.05) is 39.0 Å². The van der Waals surface area contributed by atoms with Crippen LogP contribution in [-0.4, -0.2) is 47.4 Å². The van der Waals surface area contributed by atoms with E-state index < -0.39 is 5.97 Å². The number of likely N-dealkylation sites (tertiary alicyclic amines) is 1. The Labute approximate surface area is 138 Å². The fraction of sp³-hybridized carbons (Fsp3) is 0.611. The average molecular weight is 320 g/mol. The molecule has 1 fully saturated rings. The van der Waals surface area contributed by atoms with Crippen LogP contribution in [0.25, 0.3) is 0 Å². The number of carboxylic acids is 1. The molecular weight excluding hydrogens is 292 g/mol. The normalized spacial score (nSPS) is 22.4. The molecule has 0 spiro atoms. The molecule has 1 aromatic rings. The van der Waals surface area contributed by atoms with E-state index in [9.17, 15) is 4.79 Å². The summed E-state index contributed by atoms with van der Waals surface area (Å²) in [6.07, 6.45) is 0.193. The second kappa shape index (κ2) is 7.90. The zero-order chi connectivity index (χ0) is 16.9. The largest absolute Gasteiger partial charge is 0.481 e. The van der Waals surface area contributed by atoms with E-state index in [4.69, 9.17) is 9.84 Å². The number of hydrogen-bond donors (Lipinski definition) is 2. The van der Waals surface area contributed by atoms with Gasteiger partial charge < -0.3 is 9.84 Å². The van der Waals surface area contributed by atoms with Gasteiger partial charge in [0.2, 0.25) is 0 Å². The van der Waals surface area contributed by atoms with Gasteiger partial charge in [-0.05, 0) is 32.3 Å². The summed E-state index contributed by atoms with van der Waals surface area (Å²) in [4.78, 5) is 13.4. The van der Waals surface area contributed by atoms with E-state index in [1.165, 1.54) is 5.56 Å². The SMILES string of the molecule is CC(C)(C)OCN[C@H]1CN(Cc2ccccc2)C[C@@H]1CC(=O)O. The van der Waals surface area contributed by atoms with Gasteiger partial charge in [-0.1, -0.05) is 30.3 Å². The van der Waals surface area contributed by atoms with E-state index in [0.717, 1.165) is 19.6 Å². The molecule has 5 nitrogen and oxygen atoms in total. The molecule has 1 saturated heterocycles. The predicted octanol–water partition coefficient (Wildman–Crippen LogP) is 2.32. The van der Waals surface area contributed by atoms with Crippen LogP contribution in [0.3, 0.4) is 0 Å². The fourth-order valence-corrected chi connectivity index (χ4v) is 2.96. The average Bonchev–Trinajstić information content (AvgIpc) is 2.79. The highest BCUT2D eigenvalue weighted by molar-refractivity contribution is 5.67. The molecule has 1 aliphatic rings. The lowest BCUT2D eigenvalue weighted by Gasteiger charge is -2.24. The lowest BCUT2D eigenvalue weighted by atomic mass is 10.0. The lowest BCUT2D eigenvalue weighted by molar-refractivity contribution is -0.138. The van der Waals surface area contributed by atoms with Gasteiger partial charge >= 0.3 is 5.97 Å². The van der Waals surface area contributed by atoms with Gasteiger partial charge in [0.1, 0.15) is 0 Å². The fourth-order valence-electron chi connectivity index (χ4n) is 2.96. The second-order valence-electron chi connectivity index (χ2n) is 7.25. The molecule has 2 N–H and O–H groups in total. The van der Waals surface area contributed by atoms with Crippen molar-refractivity contribution in [2.45, 2.75) is 45.4 Å². The van der Waals surface area contributed by atoms with E-state index in [0.29, 0.717) is 6.73 Å². The predicted molar refractivity (Wildman–Crippen MR) is 90.1 cm³/mol. The number of carboxylic acid groups (broad SMARTS) is 1. The van der Waals surface area contributed by atoms with Crippen molar-refractivity contribution in [2.24, 2.45) is 5.92 Å². The number of benzene rings is 1. The maximum absolute atomic E-state index is 11.1. The van der Waals surface area contributed by atoms with Crippen molar-refractivity contribution < 1.29 is 14.6 Å². The van der Waals surface area contributed by atoms with Crippen molar-refractivity contribution in [3.05, 3.63) is 35.9 Å². The van der Waals surface area contributed by atoms with Crippen molar-refractivity contribution in [2.75, 3.05) is 19.8 Å². The van der Waals surface area contributed by atoms with Crippen LogP contribution in [0.1, 0.15) is 32.8 Å². The van der Waals surface area contributed by atoms with Crippen molar-refractivity contribution in [3.8, 4) is 0 Å². The molecule has 128 valence electrons. The highest BCUT2D eigenvalue weighted by Gasteiger charge is 2.33. The summed E-state index contributed by atoms with van der Waals surface area (Å²) >= 11 is 0. The Morgan fingerprint density at radius 2 is 2.00 bits per heavy atom. The number of hydrogen-bond acceptors (Lipinski definition) is 4. The van der Waals surface area contributed by atoms with Gasteiger partial charge in [-0.2, -0.15) is 0 Å². The first kappa shape index (κ1) is 17.9. The van der Waals surface area contributed by atoms with Crippen molar-refractivity contribution in [3.63, 3.8) is 0 Å². The number of ether oxygens (including phenoxy) is 1. The van der Waals surface area contributed by atoms with Crippen molar-refractivity contribution >= 4 is 5.97 Å². The van der Waals surface area contributed by atoms with Crippen LogP contribution in [0.4, 0.5) is 0 Å². The Morgan fingerprint density at radius 3 is 2.61 bits per heavy atom. The smallest absolute Gasteiger partial charge is 0.303 e. The van der Waals surface area contributed by atoms with Crippen LogP contribution in [0.5, 0.6) is 0 Å². The zero-order valence-corrected chi connectivity index (χ0v) is 14.3. The molecule has 0 aliphatic carbocycles. The Morgan fingerprint density at radius 1 is 1.30 bits per heavy atom. The van der Waals surface area contributed by atoms with Crippen LogP contribution >= 0.6 is 0 Å². The maximum atomic E-state index is 11.1. The molecule has 5 heteroatoms. The Hall–Kier alpha value is -1.43. The molecule has 23 heavy (non-hydrogen) atoms. The highest BCUT2D eigenvalue weighted by Crippen LogP contribution is 2.22. The Kier molecular flexibility index (Phi) is 6.16. The first-order valence-electron chi connectivity index (χ1n) is 8.19. The third-order valence-corrected chi connectivity index (χ3v) is 4.05. The summed E-state index contributed by atoms with van der Waals surface area (Å²) in [5, 5.41) is 12.5. The molecule has 0 unspecified atom stereocenters. The molecule has 2 rings (SSSR count). The monoisotopic (exact) mass is 320 g/mol. The number of aliphatic carboxylic acids is 1. The molecule has 0 saturated carbocycles. The molecule has 1 heterocycles. The quantitative estimate of drug-likeness (QED) is 0.755. The first-order chi connectivity index (χ1) is 10.8. The standard InChI is InChI=1S/C18H28N2O3/c1-18(2,3)23-13-19-16-12-20(11-15(16)9-17(21)22)10-14-7-5-4-6-8-14/h4-8,15-16,19H,9-13H2,1-3H3,(H,21,22)/t15-,16-/m0/s1. The Balaban J connectivity index is 1.91. The van der Waals surface area contributed by atoms with E-state index in [-0.39, 0.29) is 24.0 Å². The molecule has 1 aliphatic heterocycles. The third-order valence-electron chi connectivity index (χ3n) is 4.05. The van der Waals surface area contributed by atoms with Crippen LogP contribution in [0.2, 0.25) is 0 Å². The topological polar surface area (TPSA) is 61.8 Å². The van der Waals surface area contributed by atoms with E-state index in [1.54, 1.807) is 0 Å². The molecule has 0 amide bonds. The van der Waals surface area contributed by atoms with Gasteiger partial charge in [-0.3, -0.25) is 15.0 Å². The summed E-state index contributed by atoms with van der Waals surface area (Å²) in [6.45, 7) is 8.99. The van der Waals surface area contributed by atoms with Crippen molar-refractivity contribution in [1.82, 2.24) is 10.2 Å². The van der Waals surface area contributed by atoms with Crippen LogP contribution in [0.15, 0.2) is 30.3 Å². The van der Waals surface area contributed by atoms with Gasteiger partial charge in [-0.15, -0.1) is 0 Å². The number of nitrogens with zero attached hydrogens (tertiary/aromatic N) is 1. The minimum atomic E-state index is -0.736. The van der Waals surface area contributed by atoms with Crippen LogP contribution < -0.4 is 5.32 Å². The van der Waals surface area contributed by atoms with Gasteiger partial charge in [0, 0.05) is 25.7 Å². The third kappa shape index (κ3) is 6.29. The van der Waals surface area contributed by atoms with Crippen LogP contribution in [-0.2, 0) is 16.1 Å². The minimum absolute atomic E-state index is 0.111. The van der Waals surface area contributed by atoms with Crippen molar-refractivity contribution in [1.29, 1.82) is 0 Å². The number of carbonyl (C=O) groups is 1. The number of rotatable bonds is 7. The van der Waals surface area contributed by atoms with Gasteiger partial charge in [0.25, 0.3) is 0 Å². The van der Waals surface area contributed by atoms with Gasteiger partial charge in [0.15, 0.2) is 0 Å². The number of nitrogens with one attached hydrogen (secondary N) is 1. The molecule has 0 aromatic heterocycles. The molecule has 0 radical (unpaired) electrons. The van der Waals surface area contributed by atoms with E-state index in [2.05, 4.69) is 22.3 Å². The summed E-state index contributed by atoms with van der Waals surface area (Å²) in [5.74, 6) is -0.625. The second-order valence-corrected chi connectivity index (χ2v) is 7.25. The first-order valence-corrected chi connectivity index (χ1v) is 8.19. The molecule has 1 aromatic carbocycles.